The van der Waals surface area contributed by atoms with E-state index in [2.05, 4.69) is 57.7 Å². The molecular formula is C15H16BrN. The molecule has 0 bridgehead atoms. The first-order chi connectivity index (χ1) is 8.33. The standard InChI is InChI=1S/C15H16BrN/c16-14-7-5-11(6-8-14)12-3-4-13(10-12)15-2-1-9-17-15/h3-8,15,17H,1-2,9-10H2. The maximum atomic E-state index is 3.57. The van der Waals surface area contributed by atoms with Crippen LogP contribution in [0.25, 0.3) is 5.57 Å². The number of halogens is 1. The minimum absolute atomic E-state index is 0.624. The second-order valence-electron chi connectivity index (χ2n) is 4.77. The third-order valence-corrected chi connectivity index (χ3v) is 4.14. The molecule has 17 heavy (non-hydrogen) atoms. The largest absolute Gasteiger partial charge is 0.310 e. The van der Waals surface area contributed by atoms with E-state index in [4.69, 9.17) is 0 Å². The minimum Gasteiger partial charge on any atom is -0.310 e. The van der Waals surface area contributed by atoms with Crippen molar-refractivity contribution in [1.29, 1.82) is 0 Å². The van der Waals surface area contributed by atoms with E-state index < -0.39 is 0 Å². The molecule has 0 aromatic heterocycles. The number of hydrogen-bond acceptors (Lipinski definition) is 1. The third-order valence-electron chi connectivity index (χ3n) is 3.62. The molecule has 1 aliphatic carbocycles. The zero-order valence-electron chi connectivity index (χ0n) is 9.75. The van der Waals surface area contributed by atoms with Crippen LogP contribution in [-0.4, -0.2) is 12.6 Å². The van der Waals surface area contributed by atoms with Gasteiger partial charge in [-0.1, -0.05) is 40.2 Å². The van der Waals surface area contributed by atoms with Crippen molar-refractivity contribution in [2.45, 2.75) is 25.3 Å². The van der Waals surface area contributed by atoms with Gasteiger partial charge in [0.25, 0.3) is 0 Å². The second kappa shape index (κ2) is 4.79. The summed E-state index contributed by atoms with van der Waals surface area (Å²) < 4.78 is 1.14. The summed E-state index contributed by atoms with van der Waals surface area (Å²) in [7, 11) is 0. The summed E-state index contributed by atoms with van der Waals surface area (Å²) in [6.45, 7) is 1.18. The molecule has 1 atom stereocenters. The van der Waals surface area contributed by atoms with Crippen LogP contribution in [0.1, 0.15) is 24.8 Å². The molecule has 2 heteroatoms. The molecule has 1 heterocycles. The molecule has 1 fully saturated rings. The average Bonchev–Trinajstić information content (AvgIpc) is 3.00. The first-order valence-corrected chi connectivity index (χ1v) is 7.01. The van der Waals surface area contributed by atoms with Gasteiger partial charge in [0, 0.05) is 10.5 Å². The van der Waals surface area contributed by atoms with Crippen molar-refractivity contribution >= 4 is 21.5 Å². The highest BCUT2D eigenvalue weighted by Gasteiger charge is 2.21. The van der Waals surface area contributed by atoms with Crippen LogP contribution in [0.5, 0.6) is 0 Å². The monoisotopic (exact) mass is 289 g/mol. The predicted octanol–water partition coefficient (Wildman–Crippen LogP) is 3.91. The van der Waals surface area contributed by atoms with Gasteiger partial charge in [-0.15, -0.1) is 0 Å². The predicted molar refractivity (Wildman–Crippen MR) is 75.8 cm³/mol. The highest BCUT2D eigenvalue weighted by molar-refractivity contribution is 9.10. The van der Waals surface area contributed by atoms with Gasteiger partial charge in [0.15, 0.2) is 0 Å². The van der Waals surface area contributed by atoms with Gasteiger partial charge < -0.3 is 5.32 Å². The van der Waals surface area contributed by atoms with Gasteiger partial charge in [-0.05, 0) is 54.6 Å². The van der Waals surface area contributed by atoms with E-state index in [-0.39, 0.29) is 0 Å². The SMILES string of the molecule is Brc1ccc(C2=CC=C(C3CCCN3)C2)cc1. The van der Waals surface area contributed by atoms with Crippen molar-refractivity contribution in [2.24, 2.45) is 0 Å². The Bertz CT molecular complexity index is 464. The molecule has 1 N–H and O–H groups in total. The van der Waals surface area contributed by atoms with E-state index in [1.54, 1.807) is 5.57 Å². The van der Waals surface area contributed by atoms with Crippen molar-refractivity contribution in [1.82, 2.24) is 5.32 Å². The smallest absolute Gasteiger partial charge is 0.0286 e. The van der Waals surface area contributed by atoms with E-state index in [0.29, 0.717) is 6.04 Å². The van der Waals surface area contributed by atoms with Crippen molar-refractivity contribution < 1.29 is 0 Å². The Morgan fingerprint density at radius 3 is 2.65 bits per heavy atom. The number of rotatable bonds is 2. The molecule has 1 aliphatic heterocycles. The first-order valence-electron chi connectivity index (χ1n) is 6.22. The molecule has 1 nitrogen and oxygen atoms in total. The Morgan fingerprint density at radius 1 is 1.12 bits per heavy atom. The van der Waals surface area contributed by atoms with Gasteiger partial charge in [0.2, 0.25) is 0 Å². The molecule has 0 saturated carbocycles. The molecule has 1 unspecified atom stereocenters. The molecule has 0 amide bonds. The fraction of sp³-hybridized carbons (Fsp3) is 0.333. The Morgan fingerprint density at radius 2 is 1.94 bits per heavy atom. The number of hydrogen-bond donors (Lipinski definition) is 1. The lowest BCUT2D eigenvalue weighted by Crippen LogP contribution is -2.22. The van der Waals surface area contributed by atoms with Gasteiger partial charge in [0.05, 0.1) is 0 Å². The van der Waals surface area contributed by atoms with Gasteiger partial charge in [-0.25, -0.2) is 0 Å². The summed E-state index contributed by atoms with van der Waals surface area (Å²) in [4.78, 5) is 0. The van der Waals surface area contributed by atoms with Crippen LogP contribution in [0, 0.1) is 0 Å². The van der Waals surface area contributed by atoms with Crippen LogP contribution >= 0.6 is 15.9 Å². The van der Waals surface area contributed by atoms with E-state index in [0.717, 1.165) is 10.9 Å². The van der Waals surface area contributed by atoms with Gasteiger partial charge >= 0.3 is 0 Å². The first kappa shape index (κ1) is 11.2. The lowest BCUT2D eigenvalue weighted by atomic mass is 9.98. The summed E-state index contributed by atoms with van der Waals surface area (Å²) >= 11 is 3.48. The lowest BCUT2D eigenvalue weighted by molar-refractivity contribution is 0.681. The van der Waals surface area contributed by atoms with E-state index in [1.807, 2.05) is 0 Å². The number of nitrogens with one attached hydrogen (secondary N) is 1. The van der Waals surface area contributed by atoms with Gasteiger partial charge in [-0.3, -0.25) is 0 Å². The van der Waals surface area contributed by atoms with E-state index in [9.17, 15) is 0 Å². The van der Waals surface area contributed by atoms with Crippen LogP contribution in [0.15, 0.2) is 46.5 Å². The van der Waals surface area contributed by atoms with E-state index in [1.165, 1.54) is 30.5 Å². The van der Waals surface area contributed by atoms with Crippen LogP contribution in [0.2, 0.25) is 0 Å². The van der Waals surface area contributed by atoms with Crippen LogP contribution in [0.4, 0.5) is 0 Å². The molecule has 88 valence electrons. The summed E-state index contributed by atoms with van der Waals surface area (Å²) in [5, 5.41) is 3.57. The van der Waals surface area contributed by atoms with Crippen LogP contribution < -0.4 is 5.32 Å². The normalized spacial score (nSPS) is 23.7. The van der Waals surface area contributed by atoms with Crippen LogP contribution in [-0.2, 0) is 0 Å². The van der Waals surface area contributed by atoms with Crippen molar-refractivity contribution in [3.63, 3.8) is 0 Å². The molecule has 0 spiro atoms. The highest BCUT2D eigenvalue weighted by atomic mass is 79.9. The second-order valence-corrected chi connectivity index (χ2v) is 5.68. The Kier molecular flexibility index (Phi) is 3.17. The number of benzene rings is 1. The van der Waals surface area contributed by atoms with E-state index >= 15 is 0 Å². The Labute approximate surface area is 111 Å². The summed E-state index contributed by atoms with van der Waals surface area (Å²) in [6, 6.07) is 9.23. The van der Waals surface area contributed by atoms with Gasteiger partial charge in [0.1, 0.15) is 0 Å². The summed E-state index contributed by atoms with van der Waals surface area (Å²) in [5.41, 5.74) is 4.35. The molecule has 2 aliphatic rings. The molecule has 1 saturated heterocycles. The molecule has 3 rings (SSSR count). The zero-order valence-corrected chi connectivity index (χ0v) is 11.3. The fourth-order valence-corrected chi connectivity index (χ4v) is 2.91. The zero-order chi connectivity index (χ0) is 11.7. The Balaban J connectivity index is 1.71. The maximum Gasteiger partial charge on any atom is 0.0286 e. The average molecular weight is 290 g/mol. The third kappa shape index (κ3) is 2.38. The fourth-order valence-electron chi connectivity index (χ4n) is 2.65. The maximum absolute atomic E-state index is 3.57. The van der Waals surface area contributed by atoms with Crippen molar-refractivity contribution in [3.8, 4) is 0 Å². The highest BCUT2D eigenvalue weighted by Crippen LogP contribution is 2.32. The van der Waals surface area contributed by atoms with Crippen molar-refractivity contribution in [3.05, 3.63) is 52.0 Å². The molecule has 0 radical (unpaired) electrons. The van der Waals surface area contributed by atoms with Crippen LogP contribution in [0.3, 0.4) is 0 Å². The van der Waals surface area contributed by atoms with Gasteiger partial charge in [-0.2, -0.15) is 0 Å². The number of allylic oxidation sites excluding steroid dienone is 3. The van der Waals surface area contributed by atoms with Crippen molar-refractivity contribution in [2.75, 3.05) is 6.54 Å². The Hall–Kier alpha value is -0.860. The topological polar surface area (TPSA) is 12.0 Å². The molecular weight excluding hydrogens is 274 g/mol. The molecule has 1 aromatic carbocycles. The quantitative estimate of drug-likeness (QED) is 0.870. The molecule has 1 aromatic rings. The minimum atomic E-state index is 0.624. The summed E-state index contributed by atoms with van der Waals surface area (Å²) in [6.07, 6.45) is 8.31. The summed E-state index contributed by atoms with van der Waals surface area (Å²) in [5.74, 6) is 0. The lowest BCUT2D eigenvalue weighted by Gasteiger charge is -2.13.